The minimum absolute atomic E-state index is 0.331. The predicted octanol–water partition coefficient (Wildman–Crippen LogP) is 3.88. The summed E-state index contributed by atoms with van der Waals surface area (Å²) in [4.78, 5) is 17.4. The first-order chi connectivity index (χ1) is 12.6. The van der Waals surface area contributed by atoms with Gasteiger partial charge >= 0.3 is 0 Å². The predicted molar refractivity (Wildman–Crippen MR) is 108 cm³/mol. The monoisotopic (exact) mass is 386 g/mol. The maximum Gasteiger partial charge on any atom is 0.251 e. The molecule has 3 aromatic rings. The molecule has 1 atom stereocenters. The summed E-state index contributed by atoms with van der Waals surface area (Å²) in [5.74, 6) is 0.341. The number of thiophene rings is 1. The van der Waals surface area contributed by atoms with Crippen molar-refractivity contribution in [2.24, 2.45) is 5.73 Å². The van der Waals surface area contributed by atoms with Gasteiger partial charge in [0.05, 0.1) is 10.3 Å². The summed E-state index contributed by atoms with van der Waals surface area (Å²) in [7, 11) is 0. The summed E-state index contributed by atoms with van der Waals surface area (Å²) in [6, 6.07) is 10.1. The van der Waals surface area contributed by atoms with Crippen molar-refractivity contribution >= 4 is 44.7 Å². The van der Waals surface area contributed by atoms with E-state index in [1.807, 2.05) is 24.3 Å². The smallest absolute Gasteiger partial charge is 0.251 e. The molecular weight excluding hydrogens is 368 g/mol. The molecule has 0 unspecified atom stereocenters. The van der Waals surface area contributed by atoms with E-state index in [2.05, 4.69) is 21.7 Å². The molecular formula is C19H19ClN4OS. The van der Waals surface area contributed by atoms with Crippen LogP contribution in [0.5, 0.6) is 0 Å². The van der Waals surface area contributed by atoms with E-state index in [9.17, 15) is 4.79 Å². The zero-order valence-electron chi connectivity index (χ0n) is 14.1. The number of benzene rings is 1. The van der Waals surface area contributed by atoms with Crippen molar-refractivity contribution in [3.8, 4) is 10.4 Å². The Kier molecular flexibility index (Phi) is 4.80. The zero-order chi connectivity index (χ0) is 18.1. The van der Waals surface area contributed by atoms with E-state index in [0.717, 1.165) is 52.3 Å². The van der Waals surface area contributed by atoms with E-state index in [4.69, 9.17) is 17.3 Å². The number of aromatic nitrogens is 1. The third-order valence-electron chi connectivity index (χ3n) is 4.59. The second-order valence-corrected chi connectivity index (χ2v) is 7.92. The number of nitrogens with zero attached hydrogens (tertiary/aromatic N) is 1. The number of halogens is 1. The highest BCUT2D eigenvalue weighted by Crippen LogP contribution is 2.38. The number of carbonyl (C=O) groups is 1. The molecule has 1 aromatic carbocycles. The quantitative estimate of drug-likeness (QED) is 0.635. The van der Waals surface area contributed by atoms with Gasteiger partial charge in [-0.2, -0.15) is 0 Å². The largest absolute Gasteiger partial charge is 0.366 e. The van der Waals surface area contributed by atoms with E-state index in [0.29, 0.717) is 16.6 Å². The highest BCUT2D eigenvalue weighted by molar-refractivity contribution is 7.22. The molecule has 4 N–H and O–H groups in total. The van der Waals surface area contributed by atoms with Crippen LogP contribution >= 0.6 is 22.9 Å². The molecule has 1 aliphatic heterocycles. The third kappa shape index (κ3) is 3.40. The van der Waals surface area contributed by atoms with E-state index >= 15 is 0 Å². The molecule has 1 amide bonds. The van der Waals surface area contributed by atoms with Crippen LogP contribution < -0.4 is 16.4 Å². The van der Waals surface area contributed by atoms with Gasteiger partial charge in [0.1, 0.15) is 5.82 Å². The Labute approximate surface area is 160 Å². The Bertz CT molecular complexity index is 948. The van der Waals surface area contributed by atoms with Gasteiger partial charge in [0, 0.05) is 34.1 Å². The van der Waals surface area contributed by atoms with Crippen LogP contribution in [0.25, 0.3) is 20.5 Å². The van der Waals surface area contributed by atoms with Crippen molar-refractivity contribution in [3.63, 3.8) is 0 Å². The molecule has 0 radical (unpaired) electrons. The molecule has 134 valence electrons. The van der Waals surface area contributed by atoms with Crippen molar-refractivity contribution in [1.82, 2.24) is 10.3 Å². The number of nitrogens with two attached hydrogens (primary N) is 1. The number of fused-ring (bicyclic) bond motifs is 1. The average Bonchev–Trinajstić information content (AvgIpc) is 3.09. The van der Waals surface area contributed by atoms with Crippen LogP contribution in [0, 0.1) is 0 Å². The Morgan fingerprint density at radius 1 is 1.35 bits per heavy atom. The molecule has 0 aliphatic carbocycles. The van der Waals surface area contributed by atoms with Gasteiger partial charge in [0.25, 0.3) is 5.91 Å². The van der Waals surface area contributed by atoms with Gasteiger partial charge in [-0.3, -0.25) is 4.79 Å². The molecule has 4 rings (SSSR count). The number of nitrogens with one attached hydrogen (secondary N) is 2. The Balaban J connectivity index is 1.78. The Morgan fingerprint density at radius 3 is 2.85 bits per heavy atom. The van der Waals surface area contributed by atoms with E-state index in [1.165, 1.54) is 0 Å². The number of pyridine rings is 1. The summed E-state index contributed by atoms with van der Waals surface area (Å²) in [5.41, 5.74) is 7.07. The Hall–Kier alpha value is -2.15. The number of hydrogen-bond acceptors (Lipinski definition) is 5. The molecule has 3 heterocycles. The second-order valence-electron chi connectivity index (χ2n) is 6.43. The lowest BCUT2D eigenvalue weighted by Crippen LogP contribution is -2.38. The molecule has 26 heavy (non-hydrogen) atoms. The lowest BCUT2D eigenvalue weighted by atomic mass is 10.1. The van der Waals surface area contributed by atoms with Gasteiger partial charge in [-0.15, -0.1) is 11.3 Å². The molecule has 1 saturated heterocycles. The second kappa shape index (κ2) is 7.23. The zero-order valence-corrected chi connectivity index (χ0v) is 15.7. The van der Waals surface area contributed by atoms with E-state index in [-0.39, 0.29) is 0 Å². The van der Waals surface area contributed by atoms with Crippen LogP contribution in [0.4, 0.5) is 5.82 Å². The number of piperidine rings is 1. The fourth-order valence-corrected chi connectivity index (χ4v) is 4.55. The molecule has 5 nitrogen and oxygen atoms in total. The van der Waals surface area contributed by atoms with Gasteiger partial charge in [-0.05, 0) is 43.1 Å². The SMILES string of the molecule is NC(=O)c1cnc(N[C@@H]2CCCNC2)c2cc(-c3ccc(Cl)cc3)sc12. The van der Waals surface area contributed by atoms with E-state index < -0.39 is 5.91 Å². The van der Waals surface area contributed by atoms with Gasteiger partial charge in [-0.25, -0.2) is 4.98 Å². The van der Waals surface area contributed by atoms with Crippen LogP contribution in [-0.4, -0.2) is 30.0 Å². The van der Waals surface area contributed by atoms with Crippen LogP contribution in [0.15, 0.2) is 36.5 Å². The summed E-state index contributed by atoms with van der Waals surface area (Å²) in [6.07, 6.45) is 3.81. The van der Waals surface area contributed by atoms with Crippen LogP contribution in [0.1, 0.15) is 23.2 Å². The molecule has 0 spiro atoms. The number of hydrogen-bond donors (Lipinski definition) is 3. The summed E-state index contributed by atoms with van der Waals surface area (Å²) < 4.78 is 0.865. The van der Waals surface area contributed by atoms with Gasteiger partial charge in [0.2, 0.25) is 0 Å². The van der Waals surface area contributed by atoms with Crippen LogP contribution in [0.2, 0.25) is 5.02 Å². The van der Waals surface area contributed by atoms with E-state index in [1.54, 1.807) is 17.5 Å². The minimum atomic E-state index is -0.460. The number of anilines is 1. The highest BCUT2D eigenvalue weighted by Gasteiger charge is 2.19. The normalized spacial score (nSPS) is 17.3. The number of carbonyl (C=O) groups excluding carboxylic acids is 1. The van der Waals surface area contributed by atoms with Crippen molar-refractivity contribution in [1.29, 1.82) is 0 Å². The fraction of sp³-hybridized carbons (Fsp3) is 0.263. The van der Waals surface area contributed by atoms with Crippen molar-refractivity contribution < 1.29 is 4.79 Å². The molecule has 1 fully saturated rings. The van der Waals surface area contributed by atoms with Crippen molar-refractivity contribution in [2.45, 2.75) is 18.9 Å². The van der Waals surface area contributed by atoms with Crippen molar-refractivity contribution in [2.75, 3.05) is 18.4 Å². The third-order valence-corrected chi connectivity index (χ3v) is 6.06. The average molecular weight is 387 g/mol. The standard InChI is InChI=1S/C19H19ClN4OS/c20-12-5-3-11(4-6-12)16-8-14-17(26-16)15(18(21)25)10-23-19(14)24-13-2-1-7-22-9-13/h3-6,8,10,13,22H,1-2,7,9H2,(H2,21,25)(H,23,24)/t13-/m1/s1. The van der Waals surface area contributed by atoms with Crippen molar-refractivity contribution in [3.05, 3.63) is 47.1 Å². The van der Waals surface area contributed by atoms with Gasteiger partial charge in [0.15, 0.2) is 0 Å². The maximum absolute atomic E-state index is 11.8. The van der Waals surface area contributed by atoms with Crippen LogP contribution in [0.3, 0.4) is 0 Å². The molecule has 0 bridgehead atoms. The molecule has 7 heteroatoms. The number of rotatable bonds is 4. The highest BCUT2D eigenvalue weighted by atomic mass is 35.5. The van der Waals surface area contributed by atoms with Gasteiger partial charge < -0.3 is 16.4 Å². The first kappa shape index (κ1) is 17.3. The summed E-state index contributed by atoms with van der Waals surface area (Å²) in [5, 5.41) is 8.55. The molecule has 0 saturated carbocycles. The lowest BCUT2D eigenvalue weighted by molar-refractivity contribution is 0.100. The van der Waals surface area contributed by atoms with Gasteiger partial charge in [-0.1, -0.05) is 23.7 Å². The summed E-state index contributed by atoms with van der Waals surface area (Å²) in [6.45, 7) is 1.97. The maximum atomic E-state index is 11.8. The minimum Gasteiger partial charge on any atom is -0.366 e. The topological polar surface area (TPSA) is 80.0 Å². The lowest BCUT2D eigenvalue weighted by Gasteiger charge is -2.24. The molecule has 2 aromatic heterocycles. The Morgan fingerprint density at radius 2 is 2.15 bits per heavy atom. The first-order valence-corrected chi connectivity index (χ1v) is 9.77. The fourth-order valence-electron chi connectivity index (χ4n) is 3.24. The number of amides is 1. The number of primary amides is 1. The summed E-state index contributed by atoms with van der Waals surface area (Å²) >= 11 is 7.54. The first-order valence-electron chi connectivity index (χ1n) is 8.57. The van der Waals surface area contributed by atoms with Crippen LogP contribution in [-0.2, 0) is 0 Å². The molecule has 1 aliphatic rings.